The van der Waals surface area contributed by atoms with Crippen LogP contribution in [0.4, 0.5) is 0 Å². The van der Waals surface area contributed by atoms with Gasteiger partial charge in [0.1, 0.15) is 0 Å². The Morgan fingerprint density at radius 3 is 2.12 bits per heavy atom. The lowest BCUT2D eigenvalue weighted by Gasteiger charge is -2.29. The molecule has 98 valence electrons. The van der Waals surface area contributed by atoms with E-state index in [0.717, 1.165) is 6.42 Å². The maximum absolute atomic E-state index is 11.6. The van der Waals surface area contributed by atoms with Crippen LogP contribution in [0, 0.1) is 0 Å². The first kappa shape index (κ1) is 18.1. The summed E-state index contributed by atoms with van der Waals surface area (Å²) in [4.78, 5) is 11.6. The molecule has 0 aromatic heterocycles. The molecule has 0 aromatic rings. The molecule has 3 N–H and O–H groups in total. The van der Waals surface area contributed by atoms with Gasteiger partial charge in [-0.25, -0.2) is 0 Å². The summed E-state index contributed by atoms with van der Waals surface area (Å²) in [5.74, 6) is -0.137. The SMILES string of the molecule is COC(C)(C)CC(C)NC(=O)C(C)(C)N.Cl. The number of amides is 1. The number of rotatable bonds is 5. The van der Waals surface area contributed by atoms with Gasteiger partial charge in [0.25, 0.3) is 0 Å². The molecule has 0 aliphatic rings. The van der Waals surface area contributed by atoms with Gasteiger partial charge in [-0.15, -0.1) is 12.4 Å². The lowest BCUT2D eigenvalue weighted by atomic mass is 9.98. The van der Waals surface area contributed by atoms with E-state index >= 15 is 0 Å². The second-order valence-electron chi connectivity index (χ2n) is 5.26. The van der Waals surface area contributed by atoms with Gasteiger partial charge in [0.2, 0.25) is 5.91 Å². The van der Waals surface area contributed by atoms with Crippen molar-refractivity contribution < 1.29 is 9.53 Å². The van der Waals surface area contributed by atoms with Crippen LogP contribution in [0.15, 0.2) is 0 Å². The molecular weight excluding hydrogens is 228 g/mol. The van der Waals surface area contributed by atoms with Gasteiger partial charge < -0.3 is 15.8 Å². The van der Waals surface area contributed by atoms with Crippen LogP contribution in [0.1, 0.15) is 41.0 Å². The monoisotopic (exact) mass is 252 g/mol. The van der Waals surface area contributed by atoms with E-state index in [9.17, 15) is 4.79 Å². The first-order valence-electron chi connectivity index (χ1n) is 5.23. The second kappa shape index (κ2) is 6.42. The molecule has 0 aromatic carbocycles. The predicted molar refractivity (Wildman–Crippen MR) is 68.8 cm³/mol. The van der Waals surface area contributed by atoms with Crippen molar-refractivity contribution in [3.05, 3.63) is 0 Å². The molecule has 1 amide bonds. The average Bonchev–Trinajstić information content (AvgIpc) is 2.01. The Bertz CT molecular complexity index is 225. The highest BCUT2D eigenvalue weighted by Crippen LogP contribution is 2.15. The summed E-state index contributed by atoms with van der Waals surface area (Å²) < 4.78 is 5.29. The molecule has 1 unspecified atom stereocenters. The molecule has 4 nitrogen and oxygen atoms in total. The highest BCUT2D eigenvalue weighted by Gasteiger charge is 2.26. The summed E-state index contributed by atoms with van der Waals surface area (Å²) >= 11 is 0. The molecule has 0 aliphatic heterocycles. The van der Waals surface area contributed by atoms with Crippen molar-refractivity contribution in [3.63, 3.8) is 0 Å². The van der Waals surface area contributed by atoms with E-state index in [-0.39, 0.29) is 30.0 Å². The van der Waals surface area contributed by atoms with Gasteiger partial charge in [-0.05, 0) is 41.0 Å². The van der Waals surface area contributed by atoms with Gasteiger partial charge in [-0.1, -0.05) is 0 Å². The second-order valence-corrected chi connectivity index (χ2v) is 5.26. The van der Waals surface area contributed by atoms with Crippen molar-refractivity contribution in [1.82, 2.24) is 5.32 Å². The van der Waals surface area contributed by atoms with Gasteiger partial charge in [0.05, 0.1) is 11.1 Å². The van der Waals surface area contributed by atoms with Crippen molar-refractivity contribution >= 4 is 18.3 Å². The Balaban J connectivity index is 0. The molecule has 0 rings (SSSR count). The average molecular weight is 253 g/mol. The summed E-state index contributed by atoms with van der Waals surface area (Å²) in [6.07, 6.45) is 0.755. The van der Waals surface area contributed by atoms with Crippen LogP contribution in [-0.4, -0.2) is 30.2 Å². The summed E-state index contributed by atoms with van der Waals surface area (Å²) in [5.41, 5.74) is 4.62. The number of carbonyl (C=O) groups is 1. The fraction of sp³-hybridized carbons (Fsp3) is 0.909. The predicted octanol–water partition coefficient (Wildman–Crippen LogP) is 1.47. The largest absolute Gasteiger partial charge is 0.379 e. The summed E-state index contributed by atoms with van der Waals surface area (Å²) in [6.45, 7) is 9.31. The summed E-state index contributed by atoms with van der Waals surface area (Å²) in [6, 6.07) is 0.0512. The summed E-state index contributed by atoms with van der Waals surface area (Å²) in [7, 11) is 1.67. The number of nitrogens with two attached hydrogens (primary N) is 1. The van der Waals surface area contributed by atoms with Crippen LogP contribution < -0.4 is 11.1 Å². The van der Waals surface area contributed by atoms with Crippen LogP contribution in [-0.2, 0) is 9.53 Å². The molecule has 1 atom stereocenters. The van der Waals surface area contributed by atoms with Gasteiger partial charge >= 0.3 is 0 Å². The van der Waals surface area contributed by atoms with E-state index in [4.69, 9.17) is 10.5 Å². The molecule has 0 radical (unpaired) electrons. The first-order chi connectivity index (χ1) is 6.58. The van der Waals surface area contributed by atoms with Gasteiger partial charge in [-0.3, -0.25) is 4.79 Å². The fourth-order valence-corrected chi connectivity index (χ4v) is 1.28. The van der Waals surface area contributed by atoms with E-state index in [1.165, 1.54) is 0 Å². The van der Waals surface area contributed by atoms with E-state index in [2.05, 4.69) is 5.32 Å². The lowest BCUT2D eigenvalue weighted by molar-refractivity contribution is -0.126. The first-order valence-corrected chi connectivity index (χ1v) is 5.23. The van der Waals surface area contributed by atoms with E-state index < -0.39 is 5.54 Å². The minimum atomic E-state index is -0.828. The number of hydrogen-bond acceptors (Lipinski definition) is 3. The number of ether oxygens (including phenoxy) is 1. The molecule has 0 saturated carbocycles. The Morgan fingerprint density at radius 2 is 1.81 bits per heavy atom. The van der Waals surface area contributed by atoms with Crippen LogP contribution in [0.2, 0.25) is 0 Å². The maximum atomic E-state index is 11.6. The van der Waals surface area contributed by atoms with Gasteiger partial charge in [0.15, 0.2) is 0 Å². The van der Waals surface area contributed by atoms with Crippen molar-refractivity contribution in [1.29, 1.82) is 0 Å². The van der Waals surface area contributed by atoms with Crippen LogP contribution >= 0.6 is 12.4 Å². The minimum absolute atomic E-state index is 0. The van der Waals surface area contributed by atoms with Gasteiger partial charge in [-0.2, -0.15) is 0 Å². The molecule has 16 heavy (non-hydrogen) atoms. The van der Waals surface area contributed by atoms with Crippen LogP contribution in [0.3, 0.4) is 0 Å². The maximum Gasteiger partial charge on any atom is 0.239 e. The molecule has 0 fully saturated rings. The quantitative estimate of drug-likeness (QED) is 0.779. The highest BCUT2D eigenvalue weighted by molar-refractivity contribution is 5.85. The Morgan fingerprint density at radius 1 is 1.38 bits per heavy atom. The number of carbonyl (C=O) groups excluding carboxylic acids is 1. The van der Waals surface area contributed by atoms with E-state index in [0.29, 0.717) is 0 Å². The molecule has 0 bridgehead atoms. The van der Waals surface area contributed by atoms with Crippen molar-refractivity contribution in [3.8, 4) is 0 Å². The van der Waals surface area contributed by atoms with Gasteiger partial charge in [0, 0.05) is 13.2 Å². The number of nitrogens with one attached hydrogen (secondary N) is 1. The summed E-state index contributed by atoms with van der Waals surface area (Å²) in [5, 5.41) is 2.87. The number of halogens is 1. The molecule has 0 aliphatic carbocycles. The Labute approximate surface area is 105 Å². The van der Waals surface area contributed by atoms with E-state index in [1.54, 1.807) is 21.0 Å². The molecule has 0 spiro atoms. The van der Waals surface area contributed by atoms with Crippen LogP contribution in [0.25, 0.3) is 0 Å². The third-order valence-electron chi connectivity index (χ3n) is 2.31. The zero-order chi connectivity index (χ0) is 12.3. The Kier molecular flexibility index (Phi) is 7.25. The zero-order valence-corrected chi connectivity index (χ0v) is 11.9. The molecule has 5 heteroatoms. The van der Waals surface area contributed by atoms with Crippen molar-refractivity contribution in [2.75, 3.05) is 7.11 Å². The van der Waals surface area contributed by atoms with Crippen LogP contribution in [0.5, 0.6) is 0 Å². The number of hydrogen-bond donors (Lipinski definition) is 2. The van der Waals surface area contributed by atoms with E-state index in [1.807, 2.05) is 20.8 Å². The standard InChI is InChI=1S/C11H24N2O2.ClH/c1-8(7-10(2,3)15-6)13-9(14)11(4,5)12;/h8H,7,12H2,1-6H3,(H,13,14);1H. The third kappa shape index (κ3) is 7.04. The molecule has 0 saturated heterocycles. The molecular formula is C11H25ClN2O2. The minimum Gasteiger partial charge on any atom is -0.379 e. The third-order valence-corrected chi connectivity index (χ3v) is 2.31. The topological polar surface area (TPSA) is 64.3 Å². The Hall–Kier alpha value is -0.320. The smallest absolute Gasteiger partial charge is 0.239 e. The van der Waals surface area contributed by atoms with Crippen molar-refractivity contribution in [2.45, 2.75) is 58.2 Å². The number of methoxy groups -OCH3 is 1. The van der Waals surface area contributed by atoms with Crippen molar-refractivity contribution in [2.24, 2.45) is 5.73 Å². The lowest BCUT2D eigenvalue weighted by Crippen LogP contribution is -2.52. The zero-order valence-electron chi connectivity index (χ0n) is 11.1. The molecule has 0 heterocycles. The highest BCUT2D eigenvalue weighted by atomic mass is 35.5. The fourth-order valence-electron chi connectivity index (χ4n) is 1.28. The normalized spacial score (nSPS) is 13.9.